The van der Waals surface area contributed by atoms with Gasteiger partial charge in [0.25, 0.3) is 0 Å². The first kappa shape index (κ1) is 15.8. The Morgan fingerprint density at radius 1 is 1.28 bits per heavy atom. The molecule has 1 heterocycles. The summed E-state index contributed by atoms with van der Waals surface area (Å²) in [5.41, 5.74) is -2.28. The topological polar surface area (TPSA) is 89.9 Å². The first-order valence-electron chi connectivity index (χ1n) is 9.33. The van der Waals surface area contributed by atoms with Gasteiger partial charge in [-0.1, -0.05) is 0 Å². The van der Waals surface area contributed by atoms with E-state index in [1.54, 1.807) is 6.92 Å². The summed E-state index contributed by atoms with van der Waals surface area (Å²) < 4.78 is 11.2. The Bertz CT molecular complexity index is 702. The van der Waals surface area contributed by atoms with Crippen molar-refractivity contribution in [3.63, 3.8) is 0 Å². The van der Waals surface area contributed by atoms with Gasteiger partial charge in [0.2, 0.25) is 0 Å². The number of hydrogen-bond acceptors (Lipinski definition) is 6. The van der Waals surface area contributed by atoms with Crippen LogP contribution in [0.2, 0.25) is 0 Å². The second-order valence-corrected chi connectivity index (χ2v) is 9.07. The molecule has 4 aliphatic carbocycles. The van der Waals surface area contributed by atoms with Crippen LogP contribution in [0.25, 0.3) is 0 Å². The highest BCUT2D eigenvalue weighted by Gasteiger charge is 2.83. The normalized spacial score (nSPS) is 55.6. The van der Waals surface area contributed by atoms with Crippen LogP contribution in [0.5, 0.6) is 0 Å². The fourth-order valence-corrected chi connectivity index (χ4v) is 7.59. The molecule has 0 unspecified atom stereocenters. The summed E-state index contributed by atoms with van der Waals surface area (Å²) in [6, 6.07) is 0. The fourth-order valence-electron chi connectivity index (χ4n) is 7.59. The van der Waals surface area contributed by atoms with Gasteiger partial charge in [-0.2, -0.15) is 0 Å². The maximum Gasteiger partial charge on any atom is 0.315 e. The van der Waals surface area contributed by atoms with Crippen LogP contribution in [-0.4, -0.2) is 41.6 Å². The highest BCUT2D eigenvalue weighted by molar-refractivity contribution is 5.90. The van der Waals surface area contributed by atoms with Gasteiger partial charge in [-0.25, -0.2) is 0 Å². The number of ketones is 1. The third-order valence-corrected chi connectivity index (χ3v) is 8.48. The molecule has 25 heavy (non-hydrogen) atoms. The summed E-state index contributed by atoms with van der Waals surface area (Å²) in [7, 11) is 1.36. The zero-order chi connectivity index (χ0) is 17.8. The van der Waals surface area contributed by atoms with E-state index < -0.39 is 40.3 Å². The first-order valence-corrected chi connectivity index (χ1v) is 9.33. The molecule has 8 atom stereocenters. The van der Waals surface area contributed by atoms with Crippen molar-refractivity contribution in [2.24, 2.45) is 34.5 Å². The molecule has 4 saturated carbocycles. The van der Waals surface area contributed by atoms with Gasteiger partial charge in [-0.05, 0) is 44.4 Å². The van der Waals surface area contributed by atoms with E-state index in [2.05, 4.69) is 0 Å². The zero-order valence-electron chi connectivity index (χ0n) is 14.6. The van der Waals surface area contributed by atoms with E-state index in [9.17, 15) is 19.5 Å². The van der Waals surface area contributed by atoms with Crippen molar-refractivity contribution in [3.8, 4) is 0 Å². The molecule has 136 valence electrons. The second-order valence-electron chi connectivity index (χ2n) is 9.07. The SMILES string of the molecule is COC(=O)[C@H]1[C@H]2[C@@]3(CC[C@H](O)[C@@]2(C)C(=O)O3)[C@@H]2CC[C@@H]3C[C@@]21CC3=O. The number of ether oxygens (including phenoxy) is 2. The Morgan fingerprint density at radius 2 is 2.04 bits per heavy atom. The maximum atomic E-state index is 12.9. The molecule has 0 aromatic rings. The molecule has 0 aromatic carbocycles. The van der Waals surface area contributed by atoms with Crippen molar-refractivity contribution >= 4 is 17.7 Å². The minimum absolute atomic E-state index is 0.00933. The van der Waals surface area contributed by atoms with Crippen LogP contribution in [0.3, 0.4) is 0 Å². The molecule has 6 heteroatoms. The molecule has 1 aliphatic heterocycles. The minimum atomic E-state index is -1.09. The lowest BCUT2D eigenvalue weighted by Crippen LogP contribution is -2.53. The molecule has 0 aromatic heterocycles. The standard InChI is InChI=1S/C19H24O6/c1-17-12(21)5-6-19(25-16(17)23)11-4-3-9-7-18(11,8-10(9)20)13(14(17)19)15(22)24-2/h9,11-14,21H,3-8H2,1-2H3/t9-,11-,12+,13-,14-,17-,18-,19-/m1/s1. The van der Waals surface area contributed by atoms with E-state index in [-0.39, 0.29) is 23.6 Å². The number of methoxy groups -OCH3 is 1. The van der Waals surface area contributed by atoms with E-state index in [1.165, 1.54) is 7.11 Å². The van der Waals surface area contributed by atoms with Crippen molar-refractivity contribution < 1.29 is 29.0 Å². The average Bonchev–Trinajstić information content (AvgIpc) is 3.05. The number of carbonyl (C=O) groups excluding carboxylic acids is 3. The lowest BCUT2D eigenvalue weighted by Gasteiger charge is -2.44. The van der Waals surface area contributed by atoms with Crippen molar-refractivity contribution in [2.75, 3.05) is 7.11 Å². The third kappa shape index (κ3) is 1.47. The van der Waals surface area contributed by atoms with Crippen LogP contribution < -0.4 is 0 Å². The van der Waals surface area contributed by atoms with Crippen LogP contribution in [0.15, 0.2) is 0 Å². The Hall–Kier alpha value is -1.43. The molecule has 1 N–H and O–H groups in total. The van der Waals surface area contributed by atoms with Crippen LogP contribution in [-0.2, 0) is 23.9 Å². The molecule has 0 radical (unpaired) electrons. The molecule has 5 aliphatic rings. The van der Waals surface area contributed by atoms with E-state index in [0.717, 1.165) is 12.8 Å². The molecule has 0 amide bonds. The van der Waals surface area contributed by atoms with Crippen molar-refractivity contribution in [1.82, 2.24) is 0 Å². The highest BCUT2D eigenvalue weighted by atomic mass is 16.6. The zero-order valence-corrected chi connectivity index (χ0v) is 14.6. The fraction of sp³-hybridized carbons (Fsp3) is 0.842. The van der Waals surface area contributed by atoms with E-state index in [0.29, 0.717) is 25.7 Å². The summed E-state index contributed by atoms with van der Waals surface area (Å²) in [6.07, 6.45) is 2.93. The monoisotopic (exact) mass is 348 g/mol. The van der Waals surface area contributed by atoms with E-state index in [4.69, 9.17) is 9.47 Å². The number of aliphatic hydroxyl groups excluding tert-OH is 1. The van der Waals surface area contributed by atoms with E-state index >= 15 is 0 Å². The van der Waals surface area contributed by atoms with Crippen molar-refractivity contribution in [3.05, 3.63) is 0 Å². The summed E-state index contributed by atoms with van der Waals surface area (Å²) >= 11 is 0. The predicted octanol–water partition coefficient (Wildman–Crippen LogP) is 1.24. The molecule has 4 bridgehead atoms. The summed E-state index contributed by atoms with van der Waals surface area (Å²) in [5, 5.41) is 10.7. The number of rotatable bonds is 1. The maximum absolute atomic E-state index is 12.9. The number of hydrogen-bond donors (Lipinski definition) is 1. The number of fused-ring (bicyclic) bond motifs is 1. The highest BCUT2D eigenvalue weighted by Crippen LogP contribution is 2.76. The average molecular weight is 348 g/mol. The van der Waals surface area contributed by atoms with Crippen molar-refractivity contribution in [2.45, 2.75) is 57.2 Å². The van der Waals surface area contributed by atoms with Crippen LogP contribution in [0, 0.1) is 34.5 Å². The van der Waals surface area contributed by atoms with Gasteiger partial charge < -0.3 is 14.6 Å². The van der Waals surface area contributed by atoms with Gasteiger partial charge in [0.1, 0.15) is 11.4 Å². The summed E-state index contributed by atoms with van der Waals surface area (Å²) in [6.45, 7) is 1.74. The lowest BCUT2D eigenvalue weighted by atomic mass is 9.59. The largest absolute Gasteiger partial charge is 0.469 e. The third-order valence-electron chi connectivity index (χ3n) is 8.48. The summed E-state index contributed by atoms with van der Waals surface area (Å²) in [4.78, 5) is 38.3. The van der Waals surface area contributed by atoms with Crippen LogP contribution in [0.4, 0.5) is 0 Å². The van der Waals surface area contributed by atoms with Gasteiger partial charge in [0.05, 0.1) is 24.5 Å². The van der Waals surface area contributed by atoms with Gasteiger partial charge in [-0.15, -0.1) is 0 Å². The number of Topliss-reactive ketones (excluding diaryl/α,β-unsaturated/α-hetero) is 1. The molecule has 6 nitrogen and oxygen atoms in total. The lowest BCUT2D eigenvalue weighted by molar-refractivity contribution is -0.163. The summed E-state index contributed by atoms with van der Waals surface area (Å²) in [5.74, 6) is -1.44. The Balaban J connectivity index is 1.75. The Morgan fingerprint density at radius 3 is 2.76 bits per heavy atom. The number of aliphatic hydroxyl groups is 1. The van der Waals surface area contributed by atoms with Crippen LogP contribution >= 0.6 is 0 Å². The smallest absolute Gasteiger partial charge is 0.315 e. The quantitative estimate of drug-likeness (QED) is 0.717. The van der Waals surface area contributed by atoms with E-state index in [1.807, 2.05) is 0 Å². The second kappa shape index (κ2) is 4.45. The van der Waals surface area contributed by atoms with Crippen LogP contribution in [0.1, 0.15) is 45.4 Å². The Kier molecular flexibility index (Phi) is 2.81. The molecular formula is C19H24O6. The molecule has 5 rings (SSSR count). The van der Waals surface area contributed by atoms with Crippen molar-refractivity contribution in [1.29, 1.82) is 0 Å². The van der Waals surface area contributed by atoms with Gasteiger partial charge in [0.15, 0.2) is 0 Å². The first-order chi connectivity index (χ1) is 11.8. The Labute approximate surface area is 146 Å². The van der Waals surface area contributed by atoms with Gasteiger partial charge >= 0.3 is 11.9 Å². The molecular weight excluding hydrogens is 324 g/mol. The molecule has 5 fully saturated rings. The molecule has 1 saturated heterocycles. The minimum Gasteiger partial charge on any atom is -0.469 e. The predicted molar refractivity (Wildman–Crippen MR) is 84.1 cm³/mol. The number of carbonyl (C=O) groups is 3. The van der Waals surface area contributed by atoms with Gasteiger partial charge in [0, 0.05) is 24.2 Å². The van der Waals surface area contributed by atoms with Gasteiger partial charge in [-0.3, -0.25) is 14.4 Å². The number of esters is 2. The molecule has 1 spiro atoms.